The summed E-state index contributed by atoms with van der Waals surface area (Å²) >= 11 is 0. The van der Waals surface area contributed by atoms with E-state index in [-0.39, 0.29) is 6.42 Å². The van der Waals surface area contributed by atoms with Crippen molar-refractivity contribution < 1.29 is 19.4 Å². The van der Waals surface area contributed by atoms with Gasteiger partial charge in [0.05, 0.1) is 14.2 Å². The van der Waals surface area contributed by atoms with E-state index >= 15 is 0 Å². The molecular formula is C18H20O4. The van der Waals surface area contributed by atoms with Crippen molar-refractivity contribution in [2.45, 2.75) is 18.4 Å². The summed E-state index contributed by atoms with van der Waals surface area (Å²) in [4.78, 5) is 12.1. The van der Waals surface area contributed by atoms with Crippen LogP contribution in [0.15, 0.2) is 54.6 Å². The standard InChI is InChI=1S/C18H20O4/c1-21-16-10-8-15(9-11-16)18(20,17(19)22-2)13-12-14-6-4-3-5-7-14/h3-11,20H,12-13H2,1-2H3. The first-order valence-electron chi connectivity index (χ1n) is 7.09. The highest BCUT2D eigenvalue weighted by Gasteiger charge is 2.38. The molecule has 0 aliphatic carbocycles. The molecular weight excluding hydrogens is 280 g/mol. The fourth-order valence-corrected chi connectivity index (χ4v) is 2.37. The lowest BCUT2D eigenvalue weighted by Gasteiger charge is -2.26. The molecule has 0 fully saturated rings. The smallest absolute Gasteiger partial charge is 0.342 e. The zero-order valence-electron chi connectivity index (χ0n) is 12.8. The Balaban J connectivity index is 2.24. The van der Waals surface area contributed by atoms with Crippen molar-refractivity contribution >= 4 is 5.97 Å². The van der Waals surface area contributed by atoms with Crippen LogP contribution in [0.25, 0.3) is 0 Å². The molecule has 22 heavy (non-hydrogen) atoms. The summed E-state index contributed by atoms with van der Waals surface area (Å²) in [5.74, 6) is 0.00706. The van der Waals surface area contributed by atoms with Crippen molar-refractivity contribution in [2.24, 2.45) is 0 Å². The minimum atomic E-state index is -1.67. The van der Waals surface area contributed by atoms with Crippen molar-refractivity contribution in [2.75, 3.05) is 14.2 Å². The van der Waals surface area contributed by atoms with Crippen LogP contribution in [0.4, 0.5) is 0 Å². The predicted molar refractivity (Wildman–Crippen MR) is 83.7 cm³/mol. The van der Waals surface area contributed by atoms with Crippen LogP contribution < -0.4 is 4.74 Å². The fourth-order valence-electron chi connectivity index (χ4n) is 2.37. The summed E-state index contributed by atoms with van der Waals surface area (Å²) in [7, 11) is 2.84. The largest absolute Gasteiger partial charge is 0.497 e. The summed E-state index contributed by atoms with van der Waals surface area (Å²) in [6.07, 6.45) is 0.814. The normalized spacial score (nSPS) is 13.2. The van der Waals surface area contributed by atoms with Gasteiger partial charge in [-0.1, -0.05) is 42.5 Å². The second-order valence-corrected chi connectivity index (χ2v) is 5.07. The number of hydrogen-bond acceptors (Lipinski definition) is 4. The molecule has 0 amide bonds. The average molecular weight is 300 g/mol. The second-order valence-electron chi connectivity index (χ2n) is 5.07. The van der Waals surface area contributed by atoms with Crippen molar-refractivity contribution in [1.29, 1.82) is 0 Å². The highest BCUT2D eigenvalue weighted by molar-refractivity contribution is 5.81. The maximum Gasteiger partial charge on any atom is 0.342 e. The maximum atomic E-state index is 12.1. The summed E-state index contributed by atoms with van der Waals surface area (Å²) < 4.78 is 9.89. The molecule has 0 aliphatic heterocycles. The molecule has 0 aromatic heterocycles. The van der Waals surface area contributed by atoms with Gasteiger partial charge in [-0.15, -0.1) is 0 Å². The number of esters is 1. The van der Waals surface area contributed by atoms with Gasteiger partial charge < -0.3 is 14.6 Å². The van der Waals surface area contributed by atoms with Crippen LogP contribution in [-0.4, -0.2) is 25.3 Å². The monoisotopic (exact) mass is 300 g/mol. The Hall–Kier alpha value is -2.33. The molecule has 0 radical (unpaired) electrons. The first-order chi connectivity index (χ1) is 10.6. The summed E-state index contributed by atoms with van der Waals surface area (Å²) in [6, 6.07) is 16.5. The Bertz CT molecular complexity index is 607. The molecule has 4 heteroatoms. The van der Waals surface area contributed by atoms with E-state index in [1.807, 2.05) is 30.3 Å². The first kappa shape index (κ1) is 16.0. The molecule has 1 atom stereocenters. The molecule has 4 nitrogen and oxygen atoms in total. The van der Waals surface area contributed by atoms with Gasteiger partial charge in [0.2, 0.25) is 0 Å². The average Bonchev–Trinajstić information content (AvgIpc) is 2.60. The van der Waals surface area contributed by atoms with E-state index in [1.54, 1.807) is 31.4 Å². The summed E-state index contributed by atoms with van der Waals surface area (Å²) in [6.45, 7) is 0. The quantitative estimate of drug-likeness (QED) is 0.833. The van der Waals surface area contributed by atoms with Gasteiger partial charge in [-0.3, -0.25) is 0 Å². The van der Waals surface area contributed by atoms with Crippen LogP contribution in [0.3, 0.4) is 0 Å². The predicted octanol–water partition coefficient (Wildman–Crippen LogP) is 2.69. The van der Waals surface area contributed by atoms with Gasteiger partial charge in [-0.2, -0.15) is 0 Å². The molecule has 2 aromatic carbocycles. The third kappa shape index (κ3) is 3.46. The van der Waals surface area contributed by atoms with E-state index in [2.05, 4.69) is 0 Å². The number of aryl methyl sites for hydroxylation is 1. The van der Waals surface area contributed by atoms with Gasteiger partial charge in [-0.25, -0.2) is 4.79 Å². The number of ether oxygens (including phenoxy) is 2. The zero-order chi connectivity index (χ0) is 16.0. The van der Waals surface area contributed by atoms with Gasteiger partial charge in [-0.05, 0) is 36.1 Å². The highest BCUT2D eigenvalue weighted by Crippen LogP contribution is 2.29. The van der Waals surface area contributed by atoms with E-state index in [0.717, 1.165) is 5.56 Å². The molecule has 0 bridgehead atoms. The van der Waals surface area contributed by atoms with E-state index in [0.29, 0.717) is 17.7 Å². The summed E-state index contributed by atoms with van der Waals surface area (Å²) in [5.41, 5.74) is -0.119. The molecule has 2 rings (SSSR count). The van der Waals surface area contributed by atoms with Crippen molar-refractivity contribution in [3.63, 3.8) is 0 Å². The Morgan fingerprint density at radius 2 is 1.68 bits per heavy atom. The van der Waals surface area contributed by atoms with Gasteiger partial charge in [0, 0.05) is 0 Å². The fraction of sp³-hybridized carbons (Fsp3) is 0.278. The number of aliphatic hydroxyl groups is 1. The van der Waals surface area contributed by atoms with Crippen LogP contribution in [0.5, 0.6) is 5.75 Å². The number of rotatable bonds is 6. The van der Waals surface area contributed by atoms with Crippen LogP contribution >= 0.6 is 0 Å². The van der Waals surface area contributed by atoms with Gasteiger partial charge in [0.15, 0.2) is 5.60 Å². The van der Waals surface area contributed by atoms with Crippen LogP contribution in [-0.2, 0) is 21.6 Å². The molecule has 0 saturated carbocycles. The number of carbonyl (C=O) groups excluding carboxylic acids is 1. The van der Waals surface area contributed by atoms with E-state index in [1.165, 1.54) is 7.11 Å². The molecule has 0 saturated heterocycles. The Labute approximate surface area is 130 Å². The third-order valence-corrected chi connectivity index (χ3v) is 3.71. The third-order valence-electron chi connectivity index (χ3n) is 3.71. The molecule has 116 valence electrons. The van der Waals surface area contributed by atoms with Crippen molar-refractivity contribution in [1.82, 2.24) is 0 Å². The van der Waals surface area contributed by atoms with E-state index < -0.39 is 11.6 Å². The van der Waals surface area contributed by atoms with Crippen molar-refractivity contribution in [3.8, 4) is 5.75 Å². The zero-order valence-corrected chi connectivity index (χ0v) is 12.8. The maximum absolute atomic E-state index is 12.1. The molecule has 0 spiro atoms. The Morgan fingerprint density at radius 3 is 2.23 bits per heavy atom. The lowest BCUT2D eigenvalue weighted by atomic mass is 9.87. The highest BCUT2D eigenvalue weighted by atomic mass is 16.5. The van der Waals surface area contributed by atoms with E-state index in [4.69, 9.17) is 9.47 Å². The van der Waals surface area contributed by atoms with Crippen LogP contribution in [0.2, 0.25) is 0 Å². The van der Waals surface area contributed by atoms with E-state index in [9.17, 15) is 9.90 Å². The van der Waals surface area contributed by atoms with Gasteiger partial charge in [0.25, 0.3) is 0 Å². The first-order valence-corrected chi connectivity index (χ1v) is 7.09. The molecule has 2 aromatic rings. The Kier molecular flexibility index (Phi) is 5.17. The minimum absolute atomic E-state index is 0.246. The minimum Gasteiger partial charge on any atom is -0.497 e. The van der Waals surface area contributed by atoms with Gasteiger partial charge >= 0.3 is 5.97 Å². The number of hydrogen-bond donors (Lipinski definition) is 1. The lowest BCUT2D eigenvalue weighted by Crippen LogP contribution is -2.37. The SMILES string of the molecule is COC(=O)C(O)(CCc1ccccc1)c1ccc(OC)cc1. The molecule has 0 aliphatic rings. The number of benzene rings is 2. The van der Waals surface area contributed by atoms with Crippen LogP contribution in [0, 0.1) is 0 Å². The molecule has 1 N–H and O–H groups in total. The lowest BCUT2D eigenvalue weighted by molar-refractivity contribution is -0.164. The topological polar surface area (TPSA) is 55.8 Å². The molecule has 0 heterocycles. The molecule has 1 unspecified atom stereocenters. The Morgan fingerprint density at radius 1 is 1.05 bits per heavy atom. The summed E-state index contributed by atoms with van der Waals surface area (Å²) in [5, 5.41) is 10.9. The second kappa shape index (κ2) is 7.09. The van der Waals surface area contributed by atoms with Gasteiger partial charge in [0.1, 0.15) is 5.75 Å². The van der Waals surface area contributed by atoms with Crippen molar-refractivity contribution in [3.05, 3.63) is 65.7 Å². The van der Waals surface area contributed by atoms with Crippen LogP contribution in [0.1, 0.15) is 17.5 Å². The number of methoxy groups -OCH3 is 2. The number of carbonyl (C=O) groups is 1.